The van der Waals surface area contributed by atoms with E-state index in [0.717, 1.165) is 12.8 Å². The van der Waals surface area contributed by atoms with Gasteiger partial charge < -0.3 is 14.6 Å². The summed E-state index contributed by atoms with van der Waals surface area (Å²) in [6, 6.07) is 10.00. The molecule has 0 saturated carbocycles. The van der Waals surface area contributed by atoms with Gasteiger partial charge in [0.05, 0.1) is 12.0 Å². The van der Waals surface area contributed by atoms with Gasteiger partial charge in [0.15, 0.2) is 0 Å². The van der Waals surface area contributed by atoms with E-state index in [9.17, 15) is 9.59 Å². The second kappa shape index (κ2) is 8.48. The molecule has 2 aromatic rings. The Bertz CT molecular complexity index is 967. The molecule has 1 aliphatic rings. The Balaban J connectivity index is 1.64. The summed E-state index contributed by atoms with van der Waals surface area (Å²) >= 11 is 0. The summed E-state index contributed by atoms with van der Waals surface area (Å²) in [7, 11) is 0. The first-order valence-corrected chi connectivity index (χ1v) is 9.78. The van der Waals surface area contributed by atoms with E-state index in [0.29, 0.717) is 24.7 Å². The van der Waals surface area contributed by atoms with Crippen LogP contribution in [0.25, 0.3) is 0 Å². The quantitative estimate of drug-likeness (QED) is 0.859. The van der Waals surface area contributed by atoms with Crippen LogP contribution < -0.4 is 10.3 Å². The molecule has 1 aliphatic heterocycles. The summed E-state index contributed by atoms with van der Waals surface area (Å²) in [5, 5.41) is 9.08. The molecule has 0 aliphatic carbocycles. The number of hydrogen-bond donors (Lipinski definition) is 1. The second-order valence-corrected chi connectivity index (χ2v) is 8.36. The highest BCUT2D eigenvalue weighted by Gasteiger charge is 2.26. The Morgan fingerprint density at radius 1 is 1.34 bits per heavy atom. The predicted octanol–water partition coefficient (Wildman–Crippen LogP) is 3.02. The average Bonchev–Trinajstić information content (AvgIpc) is 2.71. The van der Waals surface area contributed by atoms with Crippen LogP contribution in [0.3, 0.4) is 0 Å². The number of nitrogens with one attached hydrogen (secondary N) is 1. The van der Waals surface area contributed by atoms with Gasteiger partial charge in [0.2, 0.25) is 0 Å². The van der Waals surface area contributed by atoms with Gasteiger partial charge in [0.25, 0.3) is 11.5 Å². The lowest BCUT2D eigenvalue weighted by Crippen LogP contribution is -2.41. The lowest BCUT2D eigenvalue weighted by molar-refractivity contribution is 0.0696. The van der Waals surface area contributed by atoms with Crippen molar-refractivity contribution >= 4 is 5.91 Å². The minimum absolute atomic E-state index is 0.0122. The summed E-state index contributed by atoms with van der Waals surface area (Å²) in [5.74, 6) is 0.456. The zero-order valence-electron chi connectivity index (χ0n) is 17.1. The third-order valence-electron chi connectivity index (χ3n) is 5.07. The van der Waals surface area contributed by atoms with Crippen LogP contribution in [-0.2, 0) is 12.0 Å². The molecule has 1 aromatic heterocycles. The molecule has 1 fully saturated rings. The molecule has 1 atom stereocenters. The summed E-state index contributed by atoms with van der Waals surface area (Å²) in [6.07, 6.45) is 2.83. The monoisotopic (exact) mass is 394 g/mol. The van der Waals surface area contributed by atoms with Crippen molar-refractivity contribution in [3.05, 3.63) is 57.8 Å². The molecule has 3 rings (SSSR count). The fourth-order valence-corrected chi connectivity index (χ4v) is 3.30. The summed E-state index contributed by atoms with van der Waals surface area (Å²) in [5.41, 5.74) is 0.762. The molecule has 1 aromatic carbocycles. The largest absolute Gasteiger partial charge is 0.486 e. The molecular weight excluding hydrogens is 368 g/mol. The molecule has 7 nitrogen and oxygen atoms in total. The zero-order valence-corrected chi connectivity index (χ0v) is 17.1. The predicted molar refractivity (Wildman–Crippen MR) is 109 cm³/mol. The number of nitrogens with zero attached hydrogens (tertiary/aromatic N) is 3. The van der Waals surface area contributed by atoms with Gasteiger partial charge in [-0.15, -0.1) is 0 Å². The third-order valence-corrected chi connectivity index (χ3v) is 5.07. The molecule has 1 amide bonds. The molecule has 1 N–H and O–H groups in total. The number of rotatable bonds is 4. The van der Waals surface area contributed by atoms with Gasteiger partial charge in [-0.1, -0.05) is 32.9 Å². The first-order chi connectivity index (χ1) is 13.8. The van der Waals surface area contributed by atoms with E-state index >= 15 is 0 Å². The lowest BCUT2D eigenvalue weighted by Gasteiger charge is -2.29. The highest BCUT2D eigenvalue weighted by Crippen LogP contribution is 2.24. The van der Waals surface area contributed by atoms with Crippen molar-refractivity contribution in [3.8, 4) is 11.8 Å². The Kier molecular flexibility index (Phi) is 6.02. The van der Waals surface area contributed by atoms with Gasteiger partial charge >= 0.3 is 0 Å². The first kappa shape index (κ1) is 20.6. The van der Waals surface area contributed by atoms with Crippen molar-refractivity contribution < 1.29 is 9.53 Å². The number of ether oxygens (including phenoxy) is 1. The first-order valence-electron chi connectivity index (χ1n) is 9.78. The fourth-order valence-electron chi connectivity index (χ4n) is 3.30. The average molecular weight is 394 g/mol. The smallest absolute Gasteiger partial charge is 0.263 e. The molecule has 1 unspecified atom stereocenters. The number of carbonyl (C=O) groups excluding carboxylic acids is 1. The van der Waals surface area contributed by atoms with Crippen LogP contribution in [0, 0.1) is 17.2 Å². The molecule has 0 bridgehead atoms. The van der Waals surface area contributed by atoms with Crippen molar-refractivity contribution in [2.45, 2.75) is 45.6 Å². The van der Waals surface area contributed by atoms with Crippen molar-refractivity contribution in [3.63, 3.8) is 0 Å². The Labute approximate surface area is 170 Å². The number of H-pyrrole nitrogens is 1. The van der Waals surface area contributed by atoms with E-state index in [2.05, 4.69) is 36.8 Å². The number of benzene rings is 1. The maximum atomic E-state index is 12.6. The number of aromatic nitrogens is 2. The van der Waals surface area contributed by atoms with Gasteiger partial charge in [-0.25, -0.2) is 4.98 Å². The van der Waals surface area contributed by atoms with E-state index in [1.54, 1.807) is 4.90 Å². The highest BCUT2D eigenvalue weighted by molar-refractivity contribution is 5.93. The summed E-state index contributed by atoms with van der Waals surface area (Å²) in [4.78, 5) is 33.3. The van der Waals surface area contributed by atoms with Crippen LogP contribution in [0.4, 0.5) is 0 Å². The van der Waals surface area contributed by atoms with E-state index in [1.807, 2.05) is 24.3 Å². The van der Waals surface area contributed by atoms with E-state index < -0.39 is 5.56 Å². The fraction of sp³-hybridized carbons (Fsp3) is 0.455. The van der Waals surface area contributed by atoms with E-state index in [-0.39, 0.29) is 29.4 Å². The molecule has 152 valence electrons. The Morgan fingerprint density at radius 3 is 2.69 bits per heavy atom. The Hall–Kier alpha value is -3.14. The van der Waals surface area contributed by atoms with Gasteiger partial charge in [-0.3, -0.25) is 9.59 Å². The van der Waals surface area contributed by atoms with E-state index in [4.69, 9.17) is 10.00 Å². The van der Waals surface area contributed by atoms with Crippen LogP contribution in [0.15, 0.2) is 35.3 Å². The van der Waals surface area contributed by atoms with Crippen LogP contribution in [0.5, 0.6) is 5.75 Å². The van der Waals surface area contributed by atoms with Crippen molar-refractivity contribution in [1.82, 2.24) is 14.9 Å². The third kappa shape index (κ3) is 5.02. The number of likely N-dealkylation sites (tertiary alicyclic amines) is 1. The molecular formula is C22H26N4O3. The Morgan fingerprint density at radius 2 is 2.07 bits per heavy atom. The molecule has 0 spiro atoms. The SMILES string of the molecule is CC(C)(C)c1ccc(OCc2ncc(C(=O)N3CCCC(C#N)C3)c(=O)[nH]2)cc1. The van der Waals surface area contributed by atoms with Gasteiger partial charge in [-0.2, -0.15) is 5.26 Å². The van der Waals surface area contributed by atoms with Crippen molar-refractivity contribution in [2.75, 3.05) is 13.1 Å². The van der Waals surface area contributed by atoms with Gasteiger partial charge in [0.1, 0.15) is 23.7 Å². The minimum atomic E-state index is -0.495. The number of piperidine rings is 1. The van der Waals surface area contributed by atoms with Gasteiger partial charge in [0, 0.05) is 19.3 Å². The zero-order chi connectivity index (χ0) is 21.0. The van der Waals surface area contributed by atoms with Crippen LogP contribution in [0.1, 0.15) is 55.4 Å². The molecule has 29 heavy (non-hydrogen) atoms. The number of aromatic amines is 1. The summed E-state index contributed by atoms with van der Waals surface area (Å²) in [6.45, 7) is 7.43. The molecule has 2 heterocycles. The molecule has 1 saturated heterocycles. The molecule has 0 radical (unpaired) electrons. The standard InChI is InChI=1S/C22H26N4O3/c1-22(2,3)16-6-8-17(9-7-16)29-14-19-24-12-18(20(27)25-19)21(28)26-10-4-5-15(11-23)13-26/h6-9,12,15H,4-5,10,13-14H2,1-3H3,(H,24,25,27). The van der Waals surface area contributed by atoms with Crippen LogP contribution in [0.2, 0.25) is 0 Å². The van der Waals surface area contributed by atoms with E-state index in [1.165, 1.54) is 11.8 Å². The minimum Gasteiger partial charge on any atom is -0.486 e. The number of carbonyl (C=O) groups is 1. The number of amides is 1. The summed E-state index contributed by atoms with van der Waals surface area (Å²) < 4.78 is 5.70. The van der Waals surface area contributed by atoms with Crippen molar-refractivity contribution in [2.24, 2.45) is 5.92 Å². The number of hydrogen-bond acceptors (Lipinski definition) is 5. The highest BCUT2D eigenvalue weighted by atomic mass is 16.5. The topological polar surface area (TPSA) is 99.1 Å². The van der Waals surface area contributed by atoms with Crippen molar-refractivity contribution in [1.29, 1.82) is 5.26 Å². The molecule has 7 heteroatoms. The maximum absolute atomic E-state index is 12.6. The number of nitriles is 1. The van der Waals surface area contributed by atoms with Crippen LogP contribution in [-0.4, -0.2) is 33.9 Å². The van der Waals surface area contributed by atoms with Gasteiger partial charge in [-0.05, 0) is 36.0 Å². The maximum Gasteiger partial charge on any atom is 0.263 e. The normalized spacial score (nSPS) is 16.9. The van der Waals surface area contributed by atoms with Crippen LogP contribution >= 0.6 is 0 Å². The second-order valence-electron chi connectivity index (χ2n) is 8.36. The lowest BCUT2D eigenvalue weighted by atomic mass is 9.87.